The van der Waals surface area contributed by atoms with Crippen LogP contribution in [-0.4, -0.2) is 17.8 Å². The third kappa shape index (κ3) is 5.20. The van der Waals surface area contributed by atoms with Gasteiger partial charge < -0.3 is 9.47 Å². The zero-order chi connectivity index (χ0) is 8.69. The molecule has 0 radical (unpaired) electrons. The van der Waals surface area contributed by atoms with E-state index in [0.717, 1.165) is 6.26 Å². The normalized spacial score (nSPS) is 12.9. The summed E-state index contributed by atoms with van der Waals surface area (Å²) >= 11 is 0. The highest BCUT2D eigenvalue weighted by Crippen LogP contribution is 1.91. The van der Waals surface area contributed by atoms with Crippen LogP contribution in [0.3, 0.4) is 0 Å². The SMILES string of the molecule is CCO/C=C/OC(C)[N+](=O)[O-]. The Bertz CT molecular complexity index is 146. The van der Waals surface area contributed by atoms with Crippen LogP contribution in [0.25, 0.3) is 0 Å². The second-order valence-electron chi connectivity index (χ2n) is 1.75. The van der Waals surface area contributed by atoms with Crippen LogP contribution in [0.4, 0.5) is 0 Å². The van der Waals surface area contributed by atoms with E-state index in [1.54, 1.807) is 6.92 Å². The molecule has 11 heavy (non-hydrogen) atoms. The average molecular weight is 161 g/mol. The molecule has 0 aliphatic rings. The van der Waals surface area contributed by atoms with Crippen molar-refractivity contribution in [3.05, 3.63) is 22.6 Å². The lowest BCUT2D eigenvalue weighted by molar-refractivity contribution is -0.564. The largest absolute Gasteiger partial charge is 0.498 e. The molecule has 0 aliphatic carbocycles. The van der Waals surface area contributed by atoms with Crippen LogP contribution in [0.2, 0.25) is 0 Å². The Morgan fingerprint density at radius 1 is 1.64 bits per heavy atom. The van der Waals surface area contributed by atoms with Gasteiger partial charge in [-0.15, -0.1) is 0 Å². The van der Waals surface area contributed by atoms with Gasteiger partial charge in [0.2, 0.25) is 0 Å². The monoisotopic (exact) mass is 161 g/mol. The minimum Gasteiger partial charge on any atom is -0.498 e. The zero-order valence-electron chi connectivity index (χ0n) is 6.52. The van der Waals surface area contributed by atoms with Crippen LogP contribution in [0.15, 0.2) is 12.5 Å². The van der Waals surface area contributed by atoms with E-state index < -0.39 is 11.2 Å². The van der Waals surface area contributed by atoms with E-state index in [2.05, 4.69) is 4.74 Å². The van der Waals surface area contributed by atoms with Gasteiger partial charge in [-0.05, 0) is 6.92 Å². The van der Waals surface area contributed by atoms with Crippen LogP contribution in [0, 0.1) is 10.1 Å². The summed E-state index contributed by atoms with van der Waals surface area (Å²) in [6.45, 7) is 3.67. The van der Waals surface area contributed by atoms with Crippen molar-refractivity contribution in [3.8, 4) is 0 Å². The van der Waals surface area contributed by atoms with Gasteiger partial charge in [0.25, 0.3) is 0 Å². The molecule has 0 rings (SSSR count). The molecule has 0 bridgehead atoms. The van der Waals surface area contributed by atoms with E-state index in [-0.39, 0.29) is 0 Å². The highest BCUT2D eigenvalue weighted by atomic mass is 16.7. The Kier molecular flexibility index (Phi) is 4.89. The Morgan fingerprint density at radius 2 is 2.27 bits per heavy atom. The van der Waals surface area contributed by atoms with Crippen molar-refractivity contribution >= 4 is 0 Å². The number of hydrogen-bond donors (Lipinski definition) is 0. The summed E-state index contributed by atoms with van der Waals surface area (Å²) in [7, 11) is 0. The van der Waals surface area contributed by atoms with Crippen molar-refractivity contribution in [2.75, 3.05) is 6.61 Å². The van der Waals surface area contributed by atoms with Crippen LogP contribution in [0.1, 0.15) is 13.8 Å². The lowest BCUT2D eigenvalue weighted by Crippen LogP contribution is -2.15. The molecule has 5 nitrogen and oxygen atoms in total. The van der Waals surface area contributed by atoms with Gasteiger partial charge in [0.05, 0.1) is 11.5 Å². The Hall–Kier alpha value is -1.26. The lowest BCUT2D eigenvalue weighted by Gasteiger charge is -2.01. The Morgan fingerprint density at radius 3 is 2.73 bits per heavy atom. The van der Waals surface area contributed by atoms with Crippen LogP contribution >= 0.6 is 0 Å². The van der Waals surface area contributed by atoms with Crippen molar-refractivity contribution in [3.63, 3.8) is 0 Å². The van der Waals surface area contributed by atoms with Gasteiger partial charge in [-0.1, -0.05) is 0 Å². The Balaban J connectivity index is 3.44. The van der Waals surface area contributed by atoms with Crippen LogP contribution in [-0.2, 0) is 9.47 Å². The molecule has 1 atom stereocenters. The first-order chi connectivity index (χ1) is 5.18. The molecule has 1 unspecified atom stereocenters. The van der Waals surface area contributed by atoms with Gasteiger partial charge in [0, 0.05) is 6.92 Å². The summed E-state index contributed by atoms with van der Waals surface area (Å²) in [4.78, 5) is 9.44. The molecular formula is C6H11NO4. The topological polar surface area (TPSA) is 61.6 Å². The molecule has 0 saturated carbocycles. The summed E-state index contributed by atoms with van der Waals surface area (Å²) in [5.41, 5.74) is 0. The second-order valence-corrected chi connectivity index (χ2v) is 1.75. The Labute approximate surface area is 64.8 Å². The average Bonchev–Trinajstić information content (AvgIpc) is 1.97. The van der Waals surface area contributed by atoms with E-state index in [9.17, 15) is 10.1 Å². The maximum atomic E-state index is 9.97. The number of rotatable bonds is 5. The van der Waals surface area contributed by atoms with Gasteiger partial charge in [-0.25, -0.2) is 0 Å². The first-order valence-corrected chi connectivity index (χ1v) is 3.24. The summed E-state index contributed by atoms with van der Waals surface area (Å²) in [5.74, 6) is 0. The van der Waals surface area contributed by atoms with Gasteiger partial charge in [-0.2, -0.15) is 0 Å². The first-order valence-electron chi connectivity index (χ1n) is 3.24. The van der Waals surface area contributed by atoms with E-state index in [1.807, 2.05) is 0 Å². The standard InChI is InChI=1S/C6H11NO4/c1-3-10-4-5-11-6(2)7(8)9/h4-6H,3H2,1-2H3/b5-4+. The summed E-state index contributed by atoms with van der Waals surface area (Å²) in [6.07, 6.45) is 1.42. The smallest absolute Gasteiger partial charge is 0.350 e. The van der Waals surface area contributed by atoms with Gasteiger partial charge >= 0.3 is 6.23 Å². The summed E-state index contributed by atoms with van der Waals surface area (Å²) < 4.78 is 9.34. The summed E-state index contributed by atoms with van der Waals surface area (Å²) in [5, 5.41) is 9.97. The van der Waals surface area contributed by atoms with Crippen molar-refractivity contribution < 1.29 is 14.4 Å². The van der Waals surface area contributed by atoms with Gasteiger partial charge in [-0.3, -0.25) is 10.1 Å². The number of hydrogen-bond acceptors (Lipinski definition) is 4. The van der Waals surface area contributed by atoms with E-state index >= 15 is 0 Å². The number of nitro groups is 1. The second kappa shape index (κ2) is 5.52. The molecule has 0 fully saturated rings. The van der Waals surface area contributed by atoms with Crippen LogP contribution < -0.4 is 0 Å². The molecule has 0 amide bonds. The molecule has 0 spiro atoms. The third-order valence-corrected chi connectivity index (χ3v) is 0.891. The maximum Gasteiger partial charge on any atom is 0.350 e. The minimum absolute atomic E-state index is 0.521. The van der Waals surface area contributed by atoms with Crippen molar-refractivity contribution in [1.82, 2.24) is 0 Å². The molecule has 64 valence electrons. The molecule has 0 N–H and O–H groups in total. The minimum atomic E-state index is -1.02. The van der Waals surface area contributed by atoms with Crippen LogP contribution in [0.5, 0.6) is 0 Å². The molecule has 0 aromatic rings. The van der Waals surface area contributed by atoms with Crippen molar-refractivity contribution in [2.24, 2.45) is 0 Å². The number of ether oxygens (including phenoxy) is 2. The highest BCUT2D eigenvalue weighted by Gasteiger charge is 2.09. The predicted molar refractivity (Wildman–Crippen MR) is 38.3 cm³/mol. The lowest BCUT2D eigenvalue weighted by atomic mass is 10.7. The molecule has 0 aromatic carbocycles. The summed E-state index contributed by atoms with van der Waals surface area (Å²) in [6, 6.07) is 0. The zero-order valence-corrected chi connectivity index (χ0v) is 6.52. The first kappa shape index (κ1) is 9.74. The molecule has 0 aliphatic heterocycles. The van der Waals surface area contributed by atoms with E-state index in [4.69, 9.17) is 4.74 Å². The quantitative estimate of drug-likeness (QED) is 0.262. The third-order valence-electron chi connectivity index (χ3n) is 0.891. The fourth-order valence-electron chi connectivity index (χ4n) is 0.331. The molecule has 0 saturated heterocycles. The van der Waals surface area contributed by atoms with E-state index in [0.29, 0.717) is 6.61 Å². The fraction of sp³-hybridized carbons (Fsp3) is 0.667. The molecule has 5 heteroatoms. The van der Waals surface area contributed by atoms with E-state index in [1.165, 1.54) is 13.2 Å². The molecule has 0 heterocycles. The number of nitrogens with zero attached hydrogens (tertiary/aromatic N) is 1. The highest BCUT2D eigenvalue weighted by molar-refractivity contribution is 4.60. The molecule has 0 aromatic heterocycles. The fourth-order valence-corrected chi connectivity index (χ4v) is 0.331. The molecular weight excluding hydrogens is 150 g/mol. The van der Waals surface area contributed by atoms with Gasteiger partial charge in [0.1, 0.15) is 12.5 Å². The predicted octanol–water partition coefficient (Wildman–Crippen LogP) is 1.13. The van der Waals surface area contributed by atoms with Crippen molar-refractivity contribution in [2.45, 2.75) is 20.1 Å². The maximum absolute atomic E-state index is 9.97. The van der Waals surface area contributed by atoms with Crippen molar-refractivity contribution in [1.29, 1.82) is 0 Å². The van der Waals surface area contributed by atoms with Gasteiger partial charge in [0.15, 0.2) is 0 Å².